The molecule has 0 aliphatic carbocycles. The van der Waals surface area contributed by atoms with Crippen LogP contribution in [0.3, 0.4) is 0 Å². The third-order valence-electron chi connectivity index (χ3n) is 4.92. The van der Waals surface area contributed by atoms with Crippen molar-refractivity contribution < 1.29 is 40.1 Å². The standard InChI is InChI=1S/C25H32O8/c1-3-32-18-9-5-7-16(13-18)11-12-20(17-8-6-10-19(14-17)33-4-2)22(28)24(30)25(31)23(29)21(27)15-26/h5-11,13-14,21-31H,3-4,15H2,1-2H3/t12?,21-,22?,23+,24+,25-/m0/s1. The van der Waals surface area contributed by atoms with Crippen LogP contribution in [0, 0.1) is 0 Å². The SMILES string of the molecule is CCOc1cccc(C=C=C(c2cccc(OCC)c2)C(O)[C@@H](O)[C@@H](O)[C@H](O)[C@@H](O)CO)c1. The zero-order valence-corrected chi connectivity index (χ0v) is 18.7. The fraction of sp³-hybridized carbons (Fsp3) is 0.400. The van der Waals surface area contributed by atoms with E-state index in [-0.39, 0.29) is 5.57 Å². The first-order chi connectivity index (χ1) is 15.8. The molecule has 33 heavy (non-hydrogen) atoms. The summed E-state index contributed by atoms with van der Waals surface area (Å²) in [5, 5.41) is 60.2. The van der Waals surface area contributed by atoms with E-state index in [1.807, 2.05) is 19.9 Å². The van der Waals surface area contributed by atoms with Gasteiger partial charge in [0.25, 0.3) is 0 Å². The minimum absolute atomic E-state index is 0.121. The Morgan fingerprint density at radius 1 is 0.848 bits per heavy atom. The number of aliphatic hydroxyl groups is 6. The van der Waals surface area contributed by atoms with Crippen molar-refractivity contribution in [3.63, 3.8) is 0 Å². The van der Waals surface area contributed by atoms with Gasteiger partial charge in [-0.05, 0) is 55.3 Å². The number of hydrogen-bond donors (Lipinski definition) is 6. The summed E-state index contributed by atoms with van der Waals surface area (Å²) in [5.74, 6) is 1.19. The lowest BCUT2D eigenvalue weighted by atomic mass is 9.91. The van der Waals surface area contributed by atoms with Crippen LogP contribution in [0.15, 0.2) is 54.3 Å². The van der Waals surface area contributed by atoms with Gasteiger partial charge in [0.05, 0.1) is 19.8 Å². The van der Waals surface area contributed by atoms with Crippen molar-refractivity contribution in [2.75, 3.05) is 19.8 Å². The van der Waals surface area contributed by atoms with Crippen molar-refractivity contribution >= 4 is 11.6 Å². The van der Waals surface area contributed by atoms with Crippen molar-refractivity contribution in [2.24, 2.45) is 0 Å². The second-order valence-electron chi connectivity index (χ2n) is 7.34. The van der Waals surface area contributed by atoms with Crippen LogP contribution >= 0.6 is 0 Å². The maximum atomic E-state index is 10.9. The molecule has 8 heteroatoms. The molecule has 0 radical (unpaired) electrons. The summed E-state index contributed by atoms with van der Waals surface area (Å²) in [6.45, 7) is 3.81. The first-order valence-corrected chi connectivity index (χ1v) is 10.8. The van der Waals surface area contributed by atoms with E-state index >= 15 is 0 Å². The molecule has 0 heterocycles. The lowest BCUT2D eigenvalue weighted by molar-refractivity contribution is -0.131. The highest BCUT2D eigenvalue weighted by atomic mass is 16.5. The molecular weight excluding hydrogens is 428 g/mol. The highest BCUT2D eigenvalue weighted by Gasteiger charge is 2.35. The van der Waals surface area contributed by atoms with Gasteiger partial charge in [-0.2, -0.15) is 0 Å². The van der Waals surface area contributed by atoms with Crippen LogP contribution in [0.25, 0.3) is 11.6 Å². The third-order valence-corrected chi connectivity index (χ3v) is 4.92. The zero-order chi connectivity index (χ0) is 24.4. The summed E-state index contributed by atoms with van der Waals surface area (Å²) in [4.78, 5) is 0. The topological polar surface area (TPSA) is 140 Å². The molecule has 0 saturated heterocycles. The molecular formula is C25H32O8. The summed E-state index contributed by atoms with van der Waals surface area (Å²) in [5.41, 5.74) is 4.28. The molecule has 180 valence electrons. The van der Waals surface area contributed by atoms with Gasteiger partial charge >= 0.3 is 0 Å². The van der Waals surface area contributed by atoms with E-state index in [0.717, 1.165) is 5.56 Å². The molecule has 8 nitrogen and oxygen atoms in total. The van der Waals surface area contributed by atoms with Crippen LogP contribution in [0.4, 0.5) is 0 Å². The fourth-order valence-corrected chi connectivity index (χ4v) is 3.18. The van der Waals surface area contributed by atoms with Gasteiger partial charge in [0.15, 0.2) is 0 Å². The third kappa shape index (κ3) is 7.42. The minimum atomic E-state index is -1.93. The lowest BCUT2D eigenvalue weighted by Gasteiger charge is -2.29. The molecule has 6 N–H and O–H groups in total. The first-order valence-electron chi connectivity index (χ1n) is 10.8. The normalized spacial score (nSPS) is 15.5. The van der Waals surface area contributed by atoms with Crippen LogP contribution in [0.1, 0.15) is 25.0 Å². The molecule has 0 aromatic heterocycles. The van der Waals surface area contributed by atoms with Gasteiger partial charge in [0.2, 0.25) is 0 Å². The van der Waals surface area contributed by atoms with Crippen LogP contribution in [0.2, 0.25) is 0 Å². The highest BCUT2D eigenvalue weighted by molar-refractivity contribution is 5.73. The Morgan fingerprint density at radius 3 is 2.06 bits per heavy atom. The van der Waals surface area contributed by atoms with Crippen molar-refractivity contribution in [2.45, 2.75) is 44.4 Å². The van der Waals surface area contributed by atoms with Gasteiger partial charge < -0.3 is 40.1 Å². The van der Waals surface area contributed by atoms with Crippen molar-refractivity contribution in [1.82, 2.24) is 0 Å². The monoisotopic (exact) mass is 460 g/mol. The fourth-order valence-electron chi connectivity index (χ4n) is 3.18. The van der Waals surface area contributed by atoms with Gasteiger partial charge in [-0.25, -0.2) is 0 Å². The van der Waals surface area contributed by atoms with E-state index in [4.69, 9.17) is 14.6 Å². The predicted octanol–water partition coefficient (Wildman–Crippen LogP) is 0.976. The number of ether oxygens (including phenoxy) is 2. The molecule has 0 fully saturated rings. The van der Waals surface area contributed by atoms with Gasteiger partial charge in [-0.1, -0.05) is 24.3 Å². The second kappa shape index (κ2) is 13.1. The molecule has 1 unspecified atom stereocenters. The Kier molecular flexibility index (Phi) is 10.6. The predicted molar refractivity (Wildman–Crippen MR) is 124 cm³/mol. The maximum absolute atomic E-state index is 10.9. The smallest absolute Gasteiger partial charge is 0.119 e. The molecule has 5 atom stereocenters. The molecule has 0 aliphatic heterocycles. The van der Waals surface area contributed by atoms with Crippen LogP contribution in [-0.2, 0) is 0 Å². The molecule has 2 aromatic rings. The highest BCUT2D eigenvalue weighted by Crippen LogP contribution is 2.26. The summed E-state index contributed by atoms with van der Waals surface area (Å²) in [6, 6.07) is 14.0. The molecule has 0 amide bonds. The first kappa shape index (κ1) is 26.6. The number of benzene rings is 2. The largest absolute Gasteiger partial charge is 0.494 e. The minimum Gasteiger partial charge on any atom is -0.494 e. The number of rotatable bonds is 12. The van der Waals surface area contributed by atoms with Crippen molar-refractivity contribution in [1.29, 1.82) is 0 Å². The Hall–Kier alpha value is -2.68. The van der Waals surface area contributed by atoms with Crippen molar-refractivity contribution in [3.05, 3.63) is 65.4 Å². The maximum Gasteiger partial charge on any atom is 0.119 e. The summed E-state index contributed by atoms with van der Waals surface area (Å²) in [6.07, 6.45) is -7.48. The van der Waals surface area contributed by atoms with Crippen LogP contribution in [0.5, 0.6) is 11.5 Å². The van der Waals surface area contributed by atoms with Gasteiger partial charge in [-0.3, -0.25) is 0 Å². The average molecular weight is 461 g/mol. The summed E-state index contributed by atoms with van der Waals surface area (Å²) in [7, 11) is 0. The average Bonchev–Trinajstić information content (AvgIpc) is 2.83. The van der Waals surface area contributed by atoms with E-state index in [0.29, 0.717) is 30.3 Å². The molecule has 0 saturated carbocycles. The van der Waals surface area contributed by atoms with E-state index < -0.39 is 37.1 Å². The molecule has 0 aliphatic rings. The molecule has 2 aromatic carbocycles. The van der Waals surface area contributed by atoms with Crippen molar-refractivity contribution in [3.8, 4) is 11.5 Å². The van der Waals surface area contributed by atoms with E-state index in [1.54, 1.807) is 48.5 Å². The van der Waals surface area contributed by atoms with Gasteiger partial charge in [0.1, 0.15) is 42.0 Å². The lowest BCUT2D eigenvalue weighted by Crippen LogP contribution is -2.50. The Balaban J connectivity index is 2.49. The second-order valence-corrected chi connectivity index (χ2v) is 7.34. The zero-order valence-electron chi connectivity index (χ0n) is 18.7. The van der Waals surface area contributed by atoms with Gasteiger partial charge in [-0.15, -0.1) is 5.73 Å². The molecule has 0 bridgehead atoms. The van der Waals surface area contributed by atoms with E-state index in [2.05, 4.69) is 5.73 Å². The Morgan fingerprint density at radius 2 is 1.45 bits per heavy atom. The number of hydrogen-bond acceptors (Lipinski definition) is 8. The van der Waals surface area contributed by atoms with Gasteiger partial charge in [0, 0.05) is 5.57 Å². The quantitative estimate of drug-likeness (QED) is 0.258. The van der Waals surface area contributed by atoms with Crippen LogP contribution < -0.4 is 9.47 Å². The molecule has 2 rings (SSSR count). The summed E-state index contributed by atoms with van der Waals surface area (Å²) < 4.78 is 11.0. The van der Waals surface area contributed by atoms with Crippen LogP contribution in [-0.4, -0.2) is 81.0 Å². The number of aliphatic hydroxyl groups excluding tert-OH is 6. The summed E-state index contributed by atoms with van der Waals surface area (Å²) >= 11 is 0. The van der Waals surface area contributed by atoms with E-state index in [1.165, 1.54) is 0 Å². The molecule has 0 spiro atoms. The van der Waals surface area contributed by atoms with E-state index in [9.17, 15) is 25.5 Å². The Bertz CT molecular complexity index is 938. The Labute approximate surface area is 193 Å².